The van der Waals surface area contributed by atoms with Crippen molar-refractivity contribution in [3.05, 3.63) is 29.6 Å². The van der Waals surface area contributed by atoms with Crippen molar-refractivity contribution in [1.82, 2.24) is 4.72 Å². The Morgan fingerprint density at radius 2 is 2.00 bits per heavy atom. The summed E-state index contributed by atoms with van der Waals surface area (Å²) in [6.45, 7) is -0.472. The lowest BCUT2D eigenvalue weighted by atomic mass is 10.2. The van der Waals surface area contributed by atoms with Gasteiger partial charge >= 0.3 is 5.51 Å². The molecule has 3 N–H and O–H groups in total. The summed E-state index contributed by atoms with van der Waals surface area (Å²) in [6, 6.07) is 3.18. The number of thiocarbonyl (C=S) groups is 1. The number of halogens is 4. The van der Waals surface area contributed by atoms with Crippen molar-refractivity contribution in [3.8, 4) is 0 Å². The minimum absolute atomic E-state index is 0.368. The highest BCUT2D eigenvalue weighted by atomic mass is 32.2. The maximum Gasteiger partial charge on any atom is 0.441 e. The Kier molecular flexibility index (Phi) is 5.96. The van der Waals surface area contributed by atoms with E-state index in [0.717, 1.165) is 18.2 Å². The van der Waals surface area contributed by atoms with Crippen LogP contribution in [0.25, 0.3) is 0 Å². The highest BCUT2D eigenvalue weighted by Crippen LogP contribution is 2.29. The maximum atomic E-state index is 13.6. The van der Waals surface area contributed by atoms with E-state index < -0.39 is 49.1 Å². The average molecular weight is 362 g/mol. The summed E-state index contributed by atoms with van der Waals surface area (Å²) in [5.74, 6) is -1.43. The van der Waals surface area contributed by atoms with E-state index in [0.29, 0.717) is 0 Å². The van der Waals surface area contributed by atoms with Crippen LogP contribution < -0.4 is 10.5 Å². The van der Waals surface area contributed by atoms with E-state index in [1.165, 1.54) is 0 Å². The molecule has 0 radical (unpaired) electrons. The first-order valence-corrected chi connectivity index (χ1v) is 8.21. The van der Waals surface area contributed by atoms with Crippen molar-refractivity contribution in [2.24, 2.45) is 5.73 Å². The van der Waals surface area contributed by atoms with Gasteiger partial charge in [-0.05, 0) is 23.9 Å². The maximum absolute atomic E-state index is 13.6. The first kappa shape index (κ1) is 18.1. The Balaban J connectivity index is 2.89. The molecule has 0 fully saturated rings. The molecular weight excluding hydrogens is 352 g/mol. The second-order valence-electron chi connectivity index (χ2n) is 3.67. The van der Waals surface area contributed by atoms with Crippen molar-refractivity contribution < 1.29 is 26.0 Å². The van der Waals surface area contributed by atoms with Crippen molar-refractivity contribution in [1.29, 1.82) is 0 Å². The second kappa shape index (κ2) is 6.90. The molecule has 0 atom stereocenters. The third-order valence-corrected chi connectivity index (χ3v) is 4.61. The molecule has 0 aliphatic carbocycles. The average Bonchev–Trinajstić information content (AvgIpc) is 2.33. The highest BCUT2D eigenvalue weighted by molar-refractivity contribution is 8.00. The van der Waals surface area contributed by atoms with Gasteiger partial charge in [-0.3, -0.25) is 0 Å². The number of benzene rings is 1. The molecule has 4 nitrogen and oxygen atoms in total. The van der Waals surface area contributed by atoms with Gasteiger partial charge in [0.2, 0.25) is 10.0 Å². The van der Waals surface area contributed by atoms with Crippen LogP contribution in [0.5, 0.6) is 0 Å². The molecule has 0 aliphatic heterocycles. The Morgan fingerprint density at radius 3 is 2.52 bits per heavy atom. The zero-order chi connectivity index (χ0) is 16.3. The van der Waals surface area contributed by atoms with E-state index in [4.69, 9.17) is 5.73 Å². The molecule has 0 bridgehead atoms. The quantitative estimate of drug-likeness (QED) is 0.460. The van der Waals surface area contributed by atoms with Crippen molar-refractivity contribution in [3.63, 3.8) is 0 Å². The molecule has 1 rings (SSSR count). The van der Waals surface area contributed by atoms with E-state index in [1.54, 1.807) is 0 Å². The third kappa shape index (κ3) is 5.41. The van der Waals surface area contributed by atoms with Crippen LogP contribution in [-0.2, 0) is 10.0 Å². The third-order valence-electron chi connectivity index (χ3n) is 2.17. The van der Waals surface area contributed by atoms with Gasteiger partial charge in [-0.15, -0.1) is 0 Å². The number of hydrogen-bond donors (Lipinski definition) is 2. The minimum atomic E-state index is -4.45. The van der Waals surface area contributed by atoms with Gasteiger partial charge < -0.3 is 5.73 Å². The number of rotatable bonds is 6. The summed E-state index contributed by atoms with van der Waals surface area (Å²) >= 11 is 4.21. The standard InChI is InChI=1S/C10H10F4N2O2S3/c11-6-2-1-3-7(8(6)9(15)19)21(17,18)16-4-5-20-10(12,13)14/h1-3,16H,4-5H2,(H2,15,19). The number of alkyl halides is 3. The van der Waals surface area contributed by atoms with E-state index in [9.17, 15) is 26.0 Å². The number of nitrogens with two attached hydrogens (primary N) is 1. The molecule has 0 heterocycles. The SMILES string of the molecule is NC(=S)c1c(F)cccc1S(=O)(=O)NCCSC(F)(F)F. The van der Waals surface area contributed by atoms with Crippen molar-refractivity contribution in [2.45, 2.75) is 10.4 Å². The second-order valence-corrected chi connectivity index (χ2v) is 7.00. The first-order chi connectivity index (χ1) is 9.54. The van der Waals surface area contributed by atoms with Gasteiger partial charge in [0.25, 0.3) is 0 Å². The summed E-state index contributed by atoms with van der Waals surface area (Å²) in [6.07, 6.45) is 0. The van der Waals surface area contributed by atoms with Crippen LogP contribution in [0.4, 0.5) is 17.6 Å². The molecule has 0 saturated carbocycles. The molecule has 0 amide bonds. The molecule has 1 aromatic rings. The normalized spacial score (nSPS) is 12.4. The molecule has 0 aromatic heterocycles. The number of hydrogen-bond acceptors (Lipinski definition) is 4. The predicted octanol–water partition coefficient (Wildman–Crippen LogP) is 1.99. The predicted molar refractivity (Wildman–Crippen MR) is 76.0 cm³/mol. The fourth-order valence-electron chi connectivity index (χ4n) is 1.39. The minimum Gasteiger partial charge on any atom is -0.389 e. The number of nitrogens with one attached hydrogen (secondary N) is 1. The molecule has 21 heavy (non-hydrogen) atoms. The molecule has 11 heteroatoms. The van der Waals surface area contributed by atoms with Gasteiger partial charge in [0, 0.05) is 12.3 Å². The van der Waals surface area contributed by atoms with Gasteiger partial charge in [-0.2, -0.15) is 13.2 Å². The van der Waals surface area contributed by atoms with Crippen LogP contribution in [-0.4, -0.2) is 31.2 Å². The fourth-order valence-corrected chi connectivity index (χ4v) is 3.49. The molecule has 0 spiro atoms. The Hall–Kier alpha value is -0.910. The van der Waals surface area contributed by atoms with Crippen molar-refractivity contribution >= 4 is 39.0 Å². The molecule has 1 aromatic carbocycles. The Bertz CT molecular complexity index is 632. The molecule has 0 saturated heterocycles. The number of thioether (sulfide) groups is 1. The molecule has 0 unspecified atom stereocenters. The molecule has 0 aliphatic rings. The van der Waals surface area contributed by atoms with Crippen LogP contribution in [0.1, 0.15) is 5.56 Å². The molecular formula is C10H10F4N2O2S3. The lowest BCUT2D eigenvalue weighted by Gasteiger charge is -2.11. The van der Waals surface area contributed by atoms with Crippen LogP contribution in [0, 0.1) is 5.82 Å². The lowest BCUT2D eigenvalue weighted by Crippen LogP contribution is -2.29. The smallest absolute Gasteiger partial charge is 0.389 e. The first-order valence-electron chi connectivity index (χ1n) is 5.33. The topological polar surface area (TPSA) is 72.2 Å². The van der Waals surface area contributed by atoms with E-state index in [-0.39, 0.29) is 11.8 Å². The van der Waals surface area contributed by atoms with E-state index in [1.807, 2.05) is 4.72 Å². The van der Waals surface area contributed by atoms with E-state index >= 15 is 0 Å². The van der Waals surface area contributed by atoms with Crippen molar-refractivity contribution in [2.75, 3.05) is 12.3 Å². The zero-order valence-corrected chi connectivity index (χ0v) is 12.7. The van der Waals surface area contributed by atoms with Gasteiger partial charge in [0.1, 0.15) is 10.8 Å². The van der Waals surface area contributed by atoms with Crippen LogP contribution in [0.15, 0.2) is 23.1 Å². The Labute approximate surface area is 128 Å². The summed E-state index contributed by atoms with van der Waals surface area (Å²) in [4.78, 5) is -0.967. The largest absolute Gasteiger partial charge is 0.441 e. The van der Waals surface area contributed by atoms with Gasteiger partial charge in [-0.1, -0.05) is 18.3 Å². The van der Waals surface area contributed by atoms with Gasteiger partial charge in [0.05, 0.1) is 10.5 Å². The van der Waals surface area contributed by atoms with Crippen LogP contribution in [0.2, 0.25) is 0 Å². The molecule has 118 valence electrons. The summed E-state index contributed by atoms with van der Waals surface area (Å²) < 4.78 is 75.2. The Morgan fingerprint density at radius 1 is 1.38 bits per heavy atom. The number of sulfonamides is 1. The summed E-state index contributed by atoms with van der Waals surface area (Å²) in [5.41, 5.74) is 0.351. The summed E-state index contributed by atoms with van der Waals surface area (Å²) in [7, 11) is -4.21. The van der Waals surface area contributed by atoms with Crippen LogP contribution in [0.3, 0.4) is 0 Å². The van der Waals surface area contributed by atoms with Crippen LogP contribution >= 0.6 is 24.0 Å². The lowest BCUT2D eigenvalue weighted by molar-refractivity contribution is -0.0327. The highest BCUT2D eigenvalue weighted by Gasteiger charge is 2.28. The van der Waals surface area contributed by atoms with Gasteiger partial charge in [-0.25, -0.2) is 17.5 Å². The van der Waals surface area contributed by atoms with E-state index in [2.05, 4.69) is 12.2 Å². The monoisotopic (exact) mass is 362 g/mol. The zero-order valence-electron chi connectivity index (χ0n) is 10.3. The summed E-state index contributed by atoms with van der Waals surface area (Å²) in [5, 5.41) is 0. The fraction of sp³-hybridized carbons (Fsp3) is 0.300. The van der Waals surface area contributed by atoms with Gasteiger partial charge in [0.15, 0.2) is 0 Å².